The lowest BCUT2D eigenvalue weighted by Crippen LogP contribution is -2.31. The van der Waals surface area contributed by atoms with Crippen LogP contribution in [-0.2, 0) is 10.0 Å². The second-order valence-electron chi connectivity index (χ2n) is 4.73. The summed E-state index contributed by atoms with van der Waals surface area (Å²) in [6, 6.07) is 6.45. The van der Waals surface area contributed by atoms with Crippen molar-refractivity contribution in [1.82, 2.24) is 10.0 Å². The fourth-order valence-corrected chi connectivity index (χ4v) is 3.72. The molecule has 2 N–H and O–H groups in total. The predicted molar refractivity (Wildman–Crippen MR) is 77.0 cm³/mol. The summed E-state index contributed by atoms with van der Waals surface area (Å²) < 4.78 is 26.9. The Bertz CT molecular complexity index is 619. The van der Waals surface area contributed by atoms with Gasteiger partial charge in [-0.15, -0.1) is 0 Å². The first kappa shape index (κ1) is 15.3. The summed E-state index contributed by atoms with van der Waals surface area (Å²) in [5.41, 5.74) is 0.0980. The third kappa shape index (κ3) is 3.70. The van der Waals surface area contributed by atoms with Crippen molar-refractivity contribution in [3.8, 4) is 6.07 Å². The van der Waals surface area contributed by atoms with Gasteiger partial charge in [0.2, 0.25) is 10.0 Å². The van der Waals surface area contributed by atoms with Crippen LogP contribution in [0.5, 0.6) is 0 Å². The number of nitrogens with one attached hydrogen (secondary N) is 2. The summed E-state index contributed by atoms with van der Waals surface area (Å²) in [4.78, 5) is -0.0631. The van der Waals surface area contributed by atoms with E-state index in [0.717, 1.165) is 25.8 Å². The molecule has 1 atom stereocenters. The Hall–Kier alpha value is -1.13. The van der Waals surface area contributed by atoms with Gasteiger partial charge in [-0.05, 0) is 44.0 Å². The zero-order chi connectivity index (χ0) is 14.6. The molecule has 1 aliphatic heterocycles. The lowest BCUT2D eigenvalue weighted by molar-refractivity contribution is 0.539. The molecule has 1 aromatic carbocycles. The summed E-state index contributed by atoms with van der Waals surface area (Å²) >= 11 is 5.81. The molecule has 108 valence electrons. The van der Waals surface area contributed by atoms with Crippen LogP contribution in [0.1, 0.15) is 24.8 Å². The average Bonchev–Trinajstić information content (AvgIpc) is 2.91. The maximum absolute atomic E-state index is 12.2. The Labute approximate surface area is 124 Å². The minimum atomic E-state index is -3.70. The van der Waals surface area contributed by atoms with E-state index >= 15 is 0 Å². The van der Waals surface area contributed by atoms with E-state index in [-0.39, 0.29) is 10.5 Å². The van der Waals surface area contributed by atoms with E-state index in [9.17, 15) is 8.42 Å². The van der Waals surface area contributed by atoms with Gasteiger partial charge in [0.1, 0.15) is 11.0 Å². The lowest BCUT2D eigenvalue weighted by atomic mass is 10.2. The molecule has 0 amide bonds. The molecule has 1 fully saturated rings. The minimum absolute atomic E-state index is 0.0631. The molecule has 2 rings (SSSR count). The Morgan fingerprint density at radius 1 is 1.50 bits per heavy atom. The first-order valence-electron chi connectivity index (χ1n) is 6.45. The number of hydrogen-bond acceptors (Lipinski definition) is 4. The summed E-state index contributed by atoms with van der Waals surface area (Å²) in [6.07, 6.45) is 2.94. The number of sulfonamides is 1. The summed E-state index contributed by atoms with van der Waals surface area (Å²) in [7, 11) is -3.70. The van der Waals surface area contributed by atoms with Crippen molar-refractivity contribution in [3.63, 3.8) is 0 Å². The second-order valence-corrected chi connectivity index (χ2v) is 6.90. The highest BCUT2D eigenvalue weighted by Crippen LogP contribution is 2.20. The highest BCUT2D eigenvalue weighted by atomic mass is 35.5. The largest absolute Gasteiger partial charge is 0.314 e. The van der Waals surface area contributed by atoms with E-state index in [1.807, 2.05) is 6.07 Å². The predicted octanol–water partition coefficient (Wildman–Crippen LogP) is 1.63. The van der Waals surface area contributed by atoms with E-state index in [0.29, 0.717) is 17.6 Å². The van der Waals surface area contributed by atoms with Crippen LogP contribution in [0.4, 0.5) is 0 Å². The van der Waals surface area contributed by atoms with E-state index in [1.54, 1.807) is 0 Å². The SMILES string of the molecule is N#Cc1ccc(Cl)cc1S(=O)(=O)NCC[C@@H]1CCCN1. The molecule has 0 aromatic heterocycles. The Morgan fingerprint density at radius 2 is 2.30 bits per heavy atom. The molecule has 1 aromatic rings. The van der Waals surface area contributed by atoms with Crippen molar-refractivity contribution in [2.75, 3.05) is 13.1 Å². The van der Waals surface area contributed by atoms with Crippen LogP contribution in [0.3, 0.4) is 0 Å². The van der Waals surface area contributed by atoms with Crippen LogP contribution in [0.15, 0.2) is 23.1 Å². The summed E-state index contributed by atoms with van der Waals surface area (Å²) in [5, 5.41) is 12.6. The maximum Gasteiger partial charge on any atom is 0.241 e. The molecule has 0 aliphatic carbocycles. The van der Waals surface area contributed by atoms with E-state index in [4.69, 9.17) is 16.9 Å². The standard InChI is InChI=1S/C13H16ClN3O2S/c14-11-4-3-10(9-15)13(8-11)20(18,19)17-7-5-12-2-1-6-16-12/h3-4,8,12,16-17H,1-2,5-7H2/t12-/m0/s1. The van der Waals surface area contributed by atoms with Crippen LogP contribution < -0.4 is 10.0 Å². The summed E-state index contributed by atoms with van der Waals surface area (Å²) in [6.45, 7) is 1.33. The van der Waals surface area contributed by atoms with Crippen LogP contribution in [0.25, 0.3) is 0 Å². The van der Waals surface area contributed by atoms with Crippen LogP contribution in [-0.4, -0.2) is 27.5 Å². The van der Waals surface area contributed by atoms with E-state index in [2.05, 4.69) is 10.0 Å². The first-order chi connectivity index (χ1) is 9.53. The average molecular weight is 314 g/mol. The topological polar surface area (TPSA) is 82.0 Å². The number of rotatable bonds is 5. The highest BCUT2D eigenvalue weighted by Gasteiger charge is 2.20. The molecular weight excluding hydrogens is 298 g/mol. The third-order valence-electron chi connectivity index (χ3n) is 3.30. The van der Waals surface area contributed by atoms with Crippen molar-refractivity contribution >= 4 is 21.6 Å². The molecule has 0 saturated carbocycles. The maximum atomic E-state index is 12.2. The van der Waals surface area contributed by atoms with Gasteiger partial charge in [-0.25, -0.2) is 13.1 Å². The molecule has 1 aliphatic rings. The number of halogens is 1. The van der Waals surface area contributed by atoms with Crippen LogP contribution in [0, 0.1) is 11.3 Å². The van der Waals surface area contributed by atoms with E-state index < -0.39 is 10.0 Å². The van der Waals surface area contributed by atoms with Crippen LogP contribution >= 0.6 is 11.6 Å². The third-order valence-corrected chi connectivity index (χ3v) is 5.04. The Morgan fingerprint density at radius 3 is 2.95 bits per heavy atom. The highest BCUT2D eigenvalue weighted by molar-refractivity contribution is 7.89. The zero-order valence-electron chi connectivity index (χ0n) is 10.9. The van der Waals surface area contributed by atoms with Crippen molar-refractivity contribution in [1.29, 1.82) is 5.26 Å². The quantitative estimate of drug-likeness (QED) is 0.865. The van der Waals surface area contributed by atoms with Gasteiger partial charge < -0.3 is 5.32 Å². The molecule has 5 nitrogen and oxygen atoms in total. The van der Waals surface area contributed by atoms with Crippen molar-refractivity contribution in [3.05, 3.63) is 28.8 Å². The molecule has 0 unspecified atom stereocenters. The lowest BCUT2D eigenvalue weighted by Gasteiger charge is -2.12. The van der Waals surface area contributed by atoms with Gasteiger partial charge in [0.25, 0.3) is 0 Å². The van der Waals surface area contributed by atoms with E-state index in [1.165, 1.54) is 18.2 Å². The van der Waals surface area contributed by atoms with Gasteiger partial charge in [-0.2, -0.15) is 5.26 Å². The number of benzene rings is 1. The number of hydrogen-bond donors (Lipinski definition) is 2. The van der Waals surface area contributed by atoms with Crippen LogP contribution in [0.2, 0.25) is 5.02 Å². The molecular formula is C13H16ClN3O2S. The molecule has 20 heavy (non-hydrogen) atoms. The normalized spacial score (nSPS) is 18.9. The van der Waals surface area contributed by atoms with Gasteiger partial charge >= 0.3 is 0 Å². The smallest absolute Gasteiger partial charge is 0.241 e. The van der Waals surface area contributed by atoms with Gasteiger partial charge in [0.15, 0.2) is 0 Å². The molecule has 0 spiro atoms. The van der Waals surface area contributed by atoms with Crippen molar-refractivity contribution in [2.24, 2.45) is 0 Å². The fraction of sp³-hybridized carbons (Fsp3) is 0.462. The molecule has 1 heterocycles. The Balaban J connectivity index is 2.06. The van der Waals surface area contributed by atoms with Gasteiger partial charge in [-0.1, -0.05) is 11.6 Å². The molecule has 1 saturated heterocycles. The molecule has 0 radical (unpaired) electrons. The molecule has 7 heteroatoms. The van der Waals surface area contributed by atoms with Crippen molar-refractivity contribution < 1.29 is 8.42 Å². The minimum Gasteiger partial charge on any atom is -0.314 e. The summed E-state index contributed by atoms with van der Waals surface area (Å²) in [5.74, 6) is 0. The van der Waals surface area contributed by atoms with Crippen molar-refractivity contribution in [2.45, 2.75) is 30.2 Å². The fourth-order valence-electron chi connectivity index (χ4n) is 2.26. The number of nitriles is 1. The molecule has 0 bridgehead atoms. The first-order valence-corrected chi connectivity index (χ1v) is 8.32. The second kappa shape index (κ2) is 6.55. The van der Waals surface area contributed by atoms with Gasteiger partial charge in [0, 0.05) is 17.6 Å². The Kier molecular flexibility index (Phi) is 5.00. The van der Waals surface area contributed by atoms with Gasteiger partial charge in [0.05, 0.1) is 5.56 Å². The van der Waals surface area contributed by atoms with Gasteiger partial charge in [-0.3, -0.25) is 0 Å². The number of nitrogens with zero attached hydrogens (tertiary/aromatic N) is 1. The monoisotopic (exact) mass is 313 g/mol. The zero-order valence-corrected chi connectivity index (χ0v) is 12.5.